The van der Waals surface area contributed by atoms with Crippen molar-refractivity contribution in [1.82, 2.24) is 14.5 Å². The molecule has 0 radical (unpaired) electrons. The number of ether oxygens (including phenoxy) is 2. The summed E-state index contributed by atoms with van der Waals surface area (Å²) in [4.78, 5) is 20.9. The van der Waals surface area contributed by atoms with Crippen LogP contribution >= 0.6 is 0 Å². The van der Waals surface area contributed by atoms with Gasteiger partial charge in [-0.15, -0.1) is 0 Å². The average Bonchev–Trinajstić information content (AvgIpc) is 3.64. The number of pyridine rings is 1. The lowest BCUT2D eigenvalue weighted by Gasteiger charge is -2.14. The van der Waals surface area contributed by atoms with Crippen molar-refractivity contribution in [2.75, 3.05) is 13.2 Å². The van der Waals surface area contributed by atoms with Crippen molar-refractivity contribution in [3.63, 3.8) is 0 Å². The first-order valence-corrected chi connectivity index (χ1v) is 14.0. The lowest BCUT2D eigenvalue weighted by molar-refractivity contribution is -0.137. The SMILES string of the molecule is O=C(O)c1ccc2nc(Cc3ccc(-c4cccc(OCc5ccc(C(F)(F)F)cc5F)n4)cc3)n(CC3CCOC3)c2c1. The van der Waals surface area contributed by atoms with E-state index in [1.165, 1.54) is 0 Å². The highest BCUT2D eigenvalue weighted by Gasteiger charge is 2.31. The molecule has 7 nitrogen and oxygen atoms in total. The van der Waals surface area contributed by atoms with Gasteiger partial charge in [0.1, 0.15) is 18.2 Å². The third-order valence-corrected chi connectivity index (χ3v) is 7.63. The van der Waals surface area contributed by atoms with Crippen LogP contribution < -0.4 is 4.74 Å². The number of fused-ring (bicyclic) bond motifs is 1. The van der Waals surface area contributed by atoms with Crippen molar-refractivity contribution in [1.29, 1.82) is 0 Å². The minimum Gasteiger partial charge on any atom is -0.478 e. The van der Waals surface area contributed by atoms with Crippen LogP contribution in [0.3, 0.4) is 0 Å². The van der Waals surface area contributed by atoms with E-state index in [1.807, 2.05) is 24.3 Å². The molecule has 0 saturated carbocycles. The Kier molecular flexibility index (Phi) is 8.05. The number of alkyl halides is 3. The van der Waals surface area contributed by atoms with Gasteiger partial charge in [-0.1, -0.05) is 36.4 Å². The molecular formula is C33H27F4N3O4. The summed E-state index contributed by atoms with van der Waals surface area (Å²) in [6.07, 6.45) is -3.17. The number of nitrogens with zero attached hydrogens (tertiary/aromatic N) is 3. The minimum atomic E-state index is -4.63. The second-order valence-corrected chi connectivity index (χ2v) is 10.7. The molecule has 1 aliphatic heterocycles. The molecule has 1 N–H and O–H groups in total. The van der Waals surface area contributed by atoms with Gasteiger partial charge < -0.3 is 19.1 Å². The van der Waals surface area contributed by atoms with Crippen LogP contribution in [0.2, 0.25) is 0 Å². The molecule has 1 aliphatic rings. The van der Waals surface area contributed by atoms with Gasteiger partial charge in [0.15, 0.2) is 0 Å². The van der Waals surface area contributed by atoms with E-state index in [2.05, 4.69) is 9.55 Å². The average molecular weight is 606 g/mol. The van der Waals surface area contributed by atoms with E-state index < -0.39 is 23.5 Å². The van der Waals surface area contributed by atoms with Gasteiger partial charge in [-0.2, -0.15) is 13.2 Å². The number of carboxylic acids is 1. The molecule has 1 fully saturated rings. The molecule has 11 heteroatoms. The molecule has 0 aliphatic carbocycles. The second-order valence-electron chi connectivity index (χ2n) is 10.7. The van der Waals surface area contributed by atoms with Gasteiger partial charge in [-0.25, -0.2) is 19.2 Å². The number of aromatic nitrogens is 3. The standard InChI is InChI=1S/C33H27F4N3O4/c34-26-16-25(33(35,36)37)10-8-24(26)19-44-31-3-1-2-27(39-31)22-6-4-20(5-7-22)14-30-38-28-11-9-23(32(41)42)15-29(28)40(30)17-21-12-13-43-18-21/h1-11,15-16,21H,12-14,17-19H2,(H,41,42). The van der Waals surface area contributed by atoms with Crippen LogP contribution in [0.5, 0.6) is 5.88 Å². The summed E-state index contributed by atoms with van der Waals surface area (Å²) in [5.74, 6) is -0.643. The molecule has 1 unspecified atom stereocenters. The molecule has 6 rings (SSSR count). The first-order chi connectivity index (χ1) is 21.1. The van der Waals surface area contributed by atoms with E-state index >= 15 is 0 Å². The van der Waals surface area contributed by atoms with E-state index in [0.29, 0.717) is 43.9 Å². The number of aromatic carboxylic acids is 1. The Hall–Kier alpha value is -4.77. The molecule has 3 aromatic carbocycles. The molecule has 1 saturated heterocycles. The first-order valence-electron chi connectivity index (χ1n) is 14.0. The van der Waals surface area contributed by atoms with Crippen LogP contribution in [0.25, 0.3) is 22.3 Å². The zero-order chi connectivity index (χ0) is 30.8. The zero-order valence-corrected chi connectivity index (χ0v) is 23.4. The number of hydrogen-bond acceptors (Lipinski definition) is 5. The molecule has 3 heterocycles. The van der Waals surface area contributed by atoms with E-state index in [0.717, 1.165) is 46.5 Å². The van der Waals surface area contributed by atoms with Crippen LogP contribution in [0.1, 0.15) is 39.3 Å². The monoisotopic (exact) mass is 605 g/mol. The fraction of sp³-hybridized carbons (Fsp3) is 0.242. The van der Waals surface area contributed by atoms with Crippen molar-refractivity contribution >= 4 is 17.0 Å². The lowest BCUT2D eigenvalue weighted by Crippen LogP contribution is -2.14. The third-order valence-electron chi connectivity index (χ3n) is 7.63. The highest BCUT2D eigenvalue weighted by molar-refractivity contribution is 5.92. The predicted octanol–water partition coefficient (Wildman–Crippen LogP) is 7.16. The van der Waals surface area contributed by atoms with Crippen LogP contribution in [0, 0.1) is 11.7 Å². The number of carboxylic acid groups (broad SMARTS) is 1. The molecular weight excluding hydrogens is 578 g/mol. The number of halogens is 4. The summed E-state index contributed by atoms with van der Waals surface area (Å²) >= 11 is 0. The summed E-state index contributed by atoms with van der Waals surface area (Å²) in [5, 5.41) is 9.51. The zero-order valence-electron chi connectivity index (χ0n) is 23.4. The van der Waals surface area contributed by atoms with Crippen molar-refractivity contribution in [2.45, 2.75) is 32.2 Å². The molecule has 0 bridgehead atoms. The van der Waals surface area contributed by atoms with Crippen molar-refractivity contribution < 1.29 is 36.9 Å². The van der Waals surface area contributed by atoms with E-state index in [4.69, 9.17) is 14.5 Å². The minimum absolute atomic E-state index is 0.0137. The Morgan fingerprint density at radius 1 is 1.02 bits per heavy atom. The Labute approximate surface area is 249 Å². The summed E-state index contributed by atoms with van der Waals surface area (Å²) in [6, 6.07) is 20.2. The fourth-order valence-electron chi connectivity index (χ4n) is 5.25. The Morgan fingerprint density at radius 3 is 2.55 bits per heavy atom. The predicted molar refractivity (Wildman–Crippen MR) is 154 cm³/mol. The van der Waals surface area contributed by atoms with Crippen LogP contribution in [0.15, 0.2) is 78.9 Å². The fourth-order valence-corrected chi connectivity index (χ4v) is 5.25. The van der Waals surface area contributed by atoms with E-state index in [-0.39, 0.29) is 23.6 Å². The first kappa shape index (κ1) is 29.3. The number of imidazole rings is 1. The van der Waals surface area contributed by atoms with Crippen molar-refractivity contribution in [3.05, 3.63) is 113 Å². The summed E-state index contributed by atoms with van der Waals surface area (Å²) < 4.78 is 66.0. The molecule has 2 aromatic heterocycles. The highest BCUT2D eigenvalue weighted by Crippen LogP contribution is 2.31. The van der Waals surface area contributed by atoms with E-state index in [1.54, 1.807) is 36.4 Å². The molecule has 1 atom stereocenters. The number of rotatable bonds is 9. The van der Waals surface area contributed by atoms with Crippen LogP contribution in [-0.2, 0) is 30.5 Å². The topological polar surface area (TPSA) is 86.5 Å². The van der Waals surface area contributed by atoms with Gasteiger partial charge in [0.25, 0.3) is 0 Å². The van der Waals surface area contributed by atoms with Crippen molar-refractivity contribution in [2.24, 2.45) is 5.92 Å². The molecule has 0 amide bonds. The molecule has 226 valence electrons. The largest absolute Gasteiger partial charge is 0.478 e. The molecule has 5 aromatic rings. The number of benzene rings is 3. The summed E-state index contributed by atoms with van der Waals surface area (Å²) in [6.45, 7) is 1.77. The Bertz CT molecular complexity index is 1810. The third kappa shape index (κ3) is 6.42. The van der Waals surface area contributed by atoms with Crippen LogP contribution in [0.4, 0.5) is 17.6 Å². The Balaban J connectivity index is 1.18. The number of hydrogen-bond donors (Lipinski definition) is 1. The van der Waals surface area contributed by atoms with Gasteiger partial charge in [-0.05, 0) is 48.4 Å². The smallest absolute Gasteiger partial charge is 0.416 e. The maximum absolute atomic E-state index is 14.2. The van der Waals surface area contributed by atoms with Gasteiger partial charge in [0.05, 0.1) is 34.5 Å². The quantitative estimate of drug-likeness (QED) is 0.180. The molecule has 0 spiro atoms. The normalized spacial score (nSPS) is 15.1. The van der Waals surface area contributed by atoms with Crippen molar-refractivity contribution in [3.8, 4) is 17.1 Å². The summed E-state index contributed by atoms with van der Waals surface area (Å²) in [5.41, 5.74) is 3.06. The van der Waals surface area contributed by atoms with Gasteiger partial charge in [0.2, 0.25) is 5.88 Å². The summed E-state index contributed by atoms with van der Waals surface area (Å²) in [7, 11) is 0. The highest BCUT2D eigenvalue weighted by atomic mass is 19.4. The van der Waals surface area contributed by atoms with Crippen LogP contribution in [-0.4, -0.2) is 38.8 Å². The van der Waals surface area contributed by atoms with Gasteiger partial charge in [-0.3, -0.25) is 0 Å². The maximum atomic E-state index is 14.2. The lowest BCUT2D eigenvalue weighted by atomic mass is 10.1. The molecule has 44 heavy (non-hydrogen) atoms. The maximum Gasteiger partial charge on any atom is 0.416 e. The van der Waals surface area contributed by atoms with Gasteiger partial charge in [0, 0.05) is 42.7 Å². The Morgan fingerprint density at radius 2 is 1.84 bits per heavy atom. The van der Waals surface area contributed by atoms with E-state index in [9.17, 15) is 27.5 Å². The van der Waals surface area contributed by atoms with Gasteiger partial charge >= 0.3 is 12.1 Å². The second kappa shape index (κ2) is 12.1. The number of carbonyl (C=O) groups is 1.